The van der Waals surface area contributed by atoms with Crippen molar-refractivity contribution in [3.8, 4) is 5.75 Å². The minimum Gasteiger partial charge on any atom is -0.486 e. The highest BCUT2D eigenvalue weighted by Gasteiger charge is 2.12. The zero-order valence-electron chi connectivity index (χ0n) is 14.0. The first kappa shape index (κ1) is 16.0. The maximum Gasteiger partial charge on any atom is 0.291 e. The number of furan rings is 1. The molecule has 0 aliphatic rings. The molecule has 0 unspecified atom stereocenters. The summed E-state index contributed by atoms with van der Waals surface area (Å²) in [5.74, 6) is 1.32. The lowest BCUT2D eigenvalue weighted by Crippen LogP contribution is -2.10. The number of ether oxygens (including phenoxy) is 1. The van der Waals surface area contributed by atoms with Crippen LogP contribution in [0.15, 0.2) is 89.3 Å². The van der Waals surface area contributed by atoms with Crippen LogP contribution in [-0.4, -0.2) is 5.91 Å². The predicted octanol–water partition coefficient (Wildman–Crippen LogP) is 5.26. The Kier molecular flexibility index (Phi) is 4.39. The van der Waals surface area contributed by atoms with Gasteiger partial charge in [0.05, 0.1) is 0 Å². The minimum atomic E-state index is -0.286. The van der Waals surface area contributed by atoms with E-state index in [2.05, 4.69) is 5.32 Å². The molecule has 4 heteroatoms. The average molecular weight is 343 g/mol. The fraction of sp³-hybridized carbons (Fsp3) is 0.0455. The largest absolute Gasteiger partial charge is 0.486 e. The first-order valence-corrected chi connectivity index (χ1v) is 8.35. The summed E-state index contributed by atoms with van der Waals surface area (Å²) in [4.78, 5) is 12.4. The van der Waals surface area contributed by atoms with Gasteiger partial charge in [-0.05, 0) is 47.2 Å². The molecule has 1 aromatic heterocycles. The molecule has 26 heavy (non-hydrogen) atoms. The number of benzene rings is 3. The summed E-state index contributed by atoms with van der Waals surface area (Å²) in [5, 5.41) is 5.06. The van der Waals surface area contributed by atoms with Crippen LogP contribution in [-0.2, 0) is 6.61 Å². The Morgan fingerprint density at radius 1 is 0.846 bits per heavy atom. The second kappa shape index (κ2) is 7.15. The summed E-state index contributed by atoms with van der Waals surface area (Å²) in [6.45, 7) is 0.271. The molecule has 3 aromatic carbocycles. The summed E-state index contributed by atoms with van der Waals surface area (Å²) >= 11 is 0. The second-order valence-corrected chi connectivity index (χ2v) is 5.88. The number of anilines is 1. The Labute approximate surface area is 151 Å². The molecule has 4 nitrogen and oxygen atoms in total. The number of amides is 1. The van der Waals surface area contributed by atoms with Crippen LogP contribution in [0.3, 0.4) is 0 Å². The van der Waals surface area contributed by atoms with E-state index < -0.39 is 0 Å². The molecule has 0 fully saturated rings. The van der Waals surface area contributed by atoms with Crippen LogP contribution in [0.5, 0.6) is 5.75 Å². The Balaban J connectivity index is 1.42. The molecular weight excluding hydrogens is 326 g/mol. The van der Waals surface area contributed by atoms with Crippen LogP contribution in [0, 0.1) is 0 Å². The molecule has 0 radical (unpaired) electrons. The minimum absolute atomic E-state index is 0.254. The third-order valence-corrected chi connectivity index (χ3v) is 4.02. The van der Waals surface area contributed by atoms with Gasteiger partial charge in [-0.2, -0.15) is 0 Å². The molecule has 0 spiro atoms. The Morgan fingerprint density at radius 2 is 1.62 bits per heavy atom. The molecule has 4 aromatic rings. The highest BCUT2D eigenvalue weighted by atomic mass is 16.5. The summed E-state index contributed by atoms with van der Waals surface area (Å²) in [6.07, 6.45) is 0. The van der Waals surface area contributed by atoms with Crippen molar-refractivity contribution in [2.24, 2.45) is 0 Å². The molecule has 0 aliphatic carbocycles. The zero-order valence-corrected chi connectivity index (χ0v) is 14.0. The van der Waals surface area contributed by atoms with E-state index in [1.807, 2.05) is 72.8 Å². The quantitative estimate of drug-likeness (QED) is 0.537. The number of hydrogen-bond acceptors (Lipinski definition) is 3. The van der Waals surface area contributed by atoms with Gasteiger partial charge in [0.2, 0.25) is 0 Å². The van der Waals surface area contributed by atoms with E-state index in [4.69, 9.17) is 9.15 Å². The number of nitrogens with one attached hydrogen (secondary N) is 1. The van der Waals surface area contributed by atoms with E-state index in [-0.39, 0.29) is 18.3 Å². The molecule has 0 aliphatic heterocycles. The van der Waals surface area contributed by atoms with Crippen LogP contribution in [0.4, 0.5) is 5.69 Å². The molecular formula is C22H17NO3. The molecule has 128 valence electrons. The first-order chi connectivity index (χ1) is 12.8. The molecule has 0 bridgehead atoms. The molecule has 0 saturated heterocycles. The lowest BCUT2D eigenvalue weighted by molar-refractivity contribution is 0.0992. The molecule has 0 atom stereocenters. The topological polar surface area (TPSA) is 51.5 Å². The maximum atomic E-state index is 12.4. The first-order valence-electron chi connectivity index (χ1n) is 8.35. The van der Waals surface area contributed by atoms with Crippen LogP contribution in [0.25, 0.3) is 10.8 Å². The third-order valence-electron chi connectivity index (χ3n) is 4.02. The van der Waals surface area contributed by atoms with Crippen LogP contribution in [0.1, 0.15) is 16.3 Å². The Hall–Kier alpha value is -3.53. The van der Waals surface area contributed by atoms with Crippen molar-refractivity contribution in [3.05, 3.63) is 96.4 Å². The smallest absolute Gasteiger partial charge is 0.291 e. The van der Waals surface area contributed by atoms with Gasteiger partial charge in [-0.15, -0.1) is 0 Å². The normalized spacial score (nSPS) is 10.6. The van der Waals surface area contributed by atoms with Crippen molar-refractivity contribution in [3.63, 3.8) is 0 Å². The van der Waals surface area contributed by atoms with Crippen molar-refractivity contribution < 1.29 is 13.9 Å². The van der Waals surface area contributed by atoms with E-state index in [9.17, 15) is 4.79 Å². The fourth-order valence-electron chi connectivity index (χ4n) is 2.71. The van der Waals surface area contributed by atoms with Gasteiger partial charge in [-0.25, -0.2) is 0 Å². The highest BCUT2D eigenvalue weighted by Crippen LogP contribution is 2.20. The molecule has 1 amide bonds. The highest BCUT2D eigenvalue weighted by molar-refractivity contribution is 6.03. The van der Waals surface area contributed by atoms with Gasteiger partial charge in [0, 0.05) is 5.69 Å². The lowest BCUT2D eigenvalue weighted by Gasteiger charge is -2.05. The van der Waals surface area contributed by atoms with E-state index in [1.54, 1.807) is 12.1 Å². The predicted molar refractivity (Wildman–Crippen MR) is 101 cm³/mol. The second-order valence-electron chi connectivity index (χ2n) is 5.88. The van der Waals surface area contributed by atoms with E-state index in [0.717, 1.165) is 22.2 Å². The van der Waals surface area contributed by atoms with Crippen molar-refractivity contribution in [1.29, 1.82) is 0 Å². The van der Waals surface area contributed by atoms with Crippen LogP contribution < -0.4 is 10.1 Å². The van der Waals surface area contributed by atoms with Gasteiger partial charge < -0.3 is 14.5 Å². The monoisotopic (exact) mass is 343 g/mol. The van der Waals surface area contributed by atoms with Crippen molar-refractivity contribution in [2.75, 3.05) is 5.32 Å². The maximum absolute atomic E-state index is 12.4. The van der Waals surface area contributed by atoms with Gasteiger partial charge in [-0.1, -0.05) is 48.5 Å². The van der Waals surface area contributed by atoms with Crippen molar-refractivity contribution >= 4 is 22.4 Å². The SMILES string of the molecule is O=C(Nc1ccc2ccccc2c1)c1ccc(COc2ccccc2)o1. The molecule has 0 saturated carbocycles. The lowest BCUT2D eigenvalue weighted by atomic mass is 10.1. The molecule has 1 N–H and O–H groups in total. The van der Waals surface area contributed by atoms with Crippen molar-refractivity contribution in [1.82, 2.24) is 0 Å². The number of carbonyl (C=O) groups is 1. The van der Waals surface area contributed by atoms with Gasteiger partial charge in [0.1, 0.15) is 18.1 Å². The summed E-state index contributed by atoms with van der Waals surface area (Å²) in [6, 6.07) is 26.7. The van der Waals surface area contributed by atoms with E-state index >= 15 is 0 Å². The summed E-state index contributed by atoms with van der Waals surface area (Å²) < 4.78 is 11.2. The summed E-state index contributed by atoms with van der Waals surface area (Å²) in [5.41, 5.74) is 0.729. The fourth-order valence-corrected chi connectivity index (χ4v) is 2.71. The van der Waals surface area contributed by atoms with E-state index in [1.165, 1.54) is 0 Å². The van der Waals surface area contributed by atoms with Gasteiger partial charge >= 0.3 is 0 Å². The summed E-state index contributed by atoms with van der Waals surface area (Å²) in [7, 11) is 0. The van der Waals surface area contributed by atoms with Gasteiger partial charge in [-0.3, -0.25) is 4.79 Å². The number of rotatable bonds is 5. The molecule has 4 rings (SSSR count). The van der Waals surface area contributed by atoms with E-state index in [0.29, 0.717) is 5.76 Å². The number of fused-ring (bicyclic) bond motifs is 1. The van der Waals surface area contributed by atoms with Gasteiger partial charge in [0.25, 0.3) is 5.91 Å². The standard InChI is InChI=1S/C22H17NO3/c24-22(23-18-11-10-16-6-4-5-7-17(16)14-18)21-13-12-20(26-21)15-25-19-8-2-1-3-9-19/h1-14H,15H2,(H,23,24). The number of para-hydroxylation sites is 1. The van der Waals surface area contributed by atoms with Crippen LogP contribution >= 0.6 is 0 Å². The van der Waals surface area contributed by atoms with Gasteiger partial charge in [0.15, 0.2) is 5.76 Å². The Bertz CT molecular complexity index is 1040. The van der Waals surface area contributed by atoms with Crippen molar-refractivity contribution in [2.45, 2.75) is 6.61 Å². The number of carbonyl (C=O) groups excluding carboxylic acids is 1. The third kappa shape index (κ3) is 3.59. The average Bonchev–Trinajstić information content (AvgIpc) is 3.16. The zero-order chi connectivity index (χ0) is 17.8. The molecule has 1 heterocycles. The Morgan fingerprint density at radius 3 is 2.46 bits per heavy atom. The number of hydrogen-bond donors (Lipinski definition) is 1. The van der Waals surface area contributed by atoms with Crippen LogP contribution in [0.2, 0.25) is 0 Å².